The summed E-state index contributed by atoms with van der Waals surface area (Å²) in [6.45, 7) is 6.77. The maximum Gasteiger partial charge on any atom is 0.243 e. The van der Waals surface area contributed by atoms with Gasteiger partial charge in [0.1, 0.15) is 25.0 Å². The van der Waals surface area contributed by atoms with E-state index in [9.17, 15) is 18.0 Å². The van der Waals surface area contributed by atoms with Crippen LogP contribution in [0.15, 0.2) is 42.5 Å². The Labute approximate surface area is 231 Å². The van der Waals surface area contributed by atoms with Crippen molar-refractivity contribution < 1.29 is 32.2 Å². The maximum absolute atomic E-state index is 13.5. The van der Waals surface area contributed by atoms with Crippen molar-refractivity contribution in [3.05, 3.63) is 48.0 Å². The molecule has 2 amide bonds. The zero-order valence-electron chi connectivity index (χ0n) is 23.3. The van der Waals surface area contributed by atoms with Crippen LogP contribution in [-0.4, -0.2) is 70.3 Å². The predicted octanol–water partition coefficient (Wildman–Crippen LogP) is 3.34. The highest BCUT2D eigenvalue weighted by atomic mass is 32.2. The molecular weight excluding hydrogens is 522 g/mol. The summed E-state index contributed by atoms with van der Waals surface area (Å²) in [5.74, 6) is 1.29. The van der Waals surface area contributed by atoms with Gasteiger partial charge in [0.05, 0.1) is 19.1 Å². The third-order valence-corrected chi connectivity index (χ3v) is 7.49. The van der Waals surface area contributed by atoms with E-state index in [0.29, 0.717) is 42.6 Å². The number of hydrogen-bond donors (Lipinski definition) is 1. The van der Waals surface area contributed by atoms with Crippen LogP contribution < -0.4 is 23.8 Å². The molecule has 0 bridgehead atoms. The lowest BCUT2D eigenvalue weighted by Crippen LogP contribution is -2.50. The van der Waals surface area contributed by atoms with E-state index in [4.69, 9.17) is 14.2 Å². The van der Waals surface area contributed by atoms with Gasteiger partial charge in [-0.2, -0.15) is 0 Å². The van der Waals surface area contributed by atoms with Crippen molar-refractivity contribution in [2.24, 2.45) is 0 Å². The normalized spacial score (nSPS) is 13.5. The standard InChI is InChI=1S/C28H39N3O7S/c1-6-24(28(33)29-20(2)3)30(19-21-9-12-23(36-4)13-10-21)27(32)8-7-15-31(39(5,34)35)22-11-14-25-26(18-22)38-17-16-37-25/h9-14,18,20,24H,6-8,15-17,19H2,1-5H3,(H,29,33)/t24-/m1/s1. The Morgan fingerprint density at radius 3 is 2.31 bits per heavy atom. The highest BCUT2D eigenvalue weighted by molar-refractivity contribution is 7.92. The molecular formula is C28H39N3O7S. The van der Waals surface area contributed by atoms with E-state index in [0.717, 1.165) is 11.8 Å². The Bertz CT molecular complexity index is 1230. The molecule has 1 heterocycles. The first-order valence-corrected chi connectivity index (χ1v) is 15.0. The van der Waals surface area contributed by atoms with Crippen molar-refractivity contribution in [3.63, 3.8) is 0 Å². The van der Waals surface area contributed by atoms with Crippen LogP contribution in [0, 0.1) is 0 Å². The van der Waals surface area contributed by atoms with Crippen LogP contribution in [0.3, 0.4) is 0 Å². The monoisotopic (exact) mass is 561 g/mol. The van der Waals surface area contributed by atoms with Crippen molar-refractivity contribution in [3.8, 4) is 17.2 Å². The van der Waals surface area contributed by atoms with Gasteiger partial charge >= 0.3 is 0 Å². The van der Waals surface area contributed by atoms with Crippen molar-refractivity contribution in [1.82, 2.24) is 10.2 Å². The number of rotatable bonds is 13. The van der Waals surface area contributed by atoms with Crippen molar-refractivity contribution in [2.45, 2.75) is 58.7 Å². The minimum absolute atomic E-state index is 0.0676. The summed E-state index contributed by atoms with van der Waals surface area (Å²) < 4.78 is 42.9. The number of carbonyl (C=O) groups excluding carboxylic acids is 2. The number of nitrogens with one attached hydrogen (secondary N) is 1. The Balaban J connectivity index is 1.77. The SMILES string of the molecule is CC[C@H](C(=O)NC(C)C)N(Cc1ccc(OC)cc1)C(=O)CCCN(c1ccc2c(c1)OCCO2)S(C)(=O)=O. The molecule has 1 aliphatic rings. The van der Waals surface area contributed by atoms with Gasteiger partial charge in [0, 0.05) is 31.6 Å². The summed E-state index contributed by atoms with van der Waals surface area (Å²) in [7, 11) is -2.05. The van der Waals surface area contributed by atoms with Crippen LogP contribution in [0.25, 0.3) is 0 Å². The molecule has 0 aliphatic carbocycles. The molecule has 0 aromatic heterocycles. The van der Waals surface area contributed by atoms with Gasteiger partial charge in [0.2, 0.25) is 21.8 Å². The molecule has 0 radical (unpaired) electrons. The third-order valence-electron chi connectivity index (χ3n) is 6.29. The fraction of sp³-hybridized carbons (Fsp3) is 0.500. The zero-order valence-corrected chi connectivity index (χ0v) is 24.1. The summed E-state index contributed by atoms with van der Waals surface area (Å²) in [5.41, 5.74) is 1.29. The summed E-state index contributed by atoms with van der Waals surface area (Å²) >= 11 is 0. The van der Waals surface area contributed by atoms with Crippen molar-refractivity contribution in [2.75, 3.05) is 37.4 Å². The topological polar surface area (TPSA) is 114 Å². The number of fused-ring (bicyclic) bond motifs is 1. The lowest BCUT2D eigenvalue weighted by atomic mass is 10.1. The molecule has 2 aromatic rings. The molecule has 39 heavy (non-hydrogen) atoms. The van der Waals surface area contributed by atoms with Gasteiger partial charge in [0.25, 0.3) is 0 Å². The Morgan fingerprint density at radius 2 is 1.72 bits per heavy atom. The molecule has 10 nitrogen and oxygen atoms in total. The van der Waals surface area contributed by atoms with Crippen LogP contribution in [0.2, 0.25) is 0 Å². The smallest absolute Gasteiger partial charge is 0.243 e. The van der Waals surface area contributed by atoms with Gasteiger partial charge in [-0.15, -0.1) is 0 Å². The number of anilines is 1. The molecule has 0 saturated heterocycles. The Kier molecular flexibility index (Phi) is 10.4. The van der Waals surface area contributed by atoms with E-state index in [1.165, 1.54) is 4.31 Å². The second-order valence-electron chi connectivity index (χ2n) is 9.72. The minimum atomic E-state index is -3.63. The fourth-order valence-corrected chi connectivity index (χ4v) is 5.38. The summed E-state index contributed by atoms with van der Waals surface area (Å²) in [6, 6.07) is 11.6. The maximum atomic E-state index is 13.5. The summed E-state index contributed by atoms with van der Waals surface area (Å²) in [6.07, 6.45) is 1.90. The van der Waals surface area contributed by atoms with Crippen LogP contribution in [0.1, 0.15) is 45.6 Å². The second-order valence-corrected chi connectivity index (χ2v) is 11.6. The van der Waals surface area contributed by atoms with Gasteiger partial charge in [-0.05, 0) is 56.5 Å². The Hall–Kier alpha value is -3.47. The number of nitrogens with zero attached hydrogens (tertiary/aromatic N) is 2. The lowest BCUT2D eigenvalue weighted by molar-refractivity contribution is -0.141. The Morgan fingerprint density at radius 1 is 1.05 bits per heavy atom. The molecule has 3 rings (SSSR count). The average Bonchev–Trinajstić information content (AvgIpc) is 2.89. The molecule has 214 valence electrons. The van der Waals surface area contributed by atoms with Crippen LogP contribution >= 0.6 is 0 Å². The number of amides is 2. The highest BCUT2D eigenvalue weighted by Crippen LogP contribution is 2.34. The van der Waals surface area contributed by atoms with E-state index >= 15 is 0 Å². The van der Waals surface area contributed by atoms with Crippen LogP contribution in [0.4, 0.5) is 5.69 Å². The first kappa shape index (κ1) is 30.1. The molecule has 0 unspecified atom stereocenters. The quantitative estimate of drug-likeness (QED) is 0.399. The number of hydrogen-bond acceptors (Lipinski definition) is 7. The first-order valence-electron chi connectivity index (χ1n) is 13.1. The molecule has 0 saturated carbocycles. The van der Waals surface area contributed by atoms with E-state index in [2.05, 4.69) is 5.32 Å². The first-order chi connectivity index (χ1) is 18.5. The number of carbonyl (C=O) groups is 2. The number of sulfonamides is 1. The van der Waals surface area contributed by atoms with Gasteiger partial charge in [-0.3, -0.25) is 13.9 Å². The lowest BCUT2D eigenvalue weighted by Gasteiger charge is -2.31. The van der Waals surface area contributed by atoms with E-state index in [1.54, 1.807) is 30.2 Å². The van der Waals surface area contributed by atoms with E-state index in [1.807, 2.05) is 45.0 Å². The molecule has 1 N–H and O–H groups in total. The molecule has 1 atom stereocenters. The molecule has 1 aliphatic heterocycles. The van der Waals surface area contributed by atoms with Gasteiger partial charge < -0.3 is 24.4 Å². The van der Waals surface area contributed by atoms with Crippen molar-refractivity contribution >= 4 is 27.5 Å². The van der Waals surface area contributed by atoms with Crippen molar-refractivity contribution in [1.29, 1.82) is 0 Å². The summed E-state index contributed by atoms with van der Waals surface area (Å²) in [5, 5.41) is 2.91. The minimum Gasteiger partial charge on any atom is -0.497 e. The molecule has 2 aromatic carbocycles. The molecule has 0 spiro atoms. The van der Waals surface area contributed by atoms with Gasteiger partial charge in [0.15, 0.2) is 11.5 Å². The molecule has 11 heteroatoms. The number of benzene rings is 2. The van der Waals surface area contributed by atoms with Gasteiger partial charge in [-0.1, -0.05) is 19.1 Å². The van der Waals surface area contributed by atoms with Gasteiger partial charge in [-0.25, -0.2) is 8.42 Å². The largest absolute Gasteiger partial charge is 0.497 e. The highest BCUT2D eigenvalue weighted by Gasteiger charge is 2.29. The van der Waals surface area contributed by atoms with Crippen LogP contribution in [-0.2, 0) is 26.2 Å². The molecule has 0 fully saturated rings. The predicted molar refractivity (Wildman–Crippen MR) is 150 cm³/mol. The second kappa shape index (κ2) is 13.5. The van der Waals surface area contributed by atoms with E-state index < -0.39 is 16.1 Å². The fourth-order valence-electron chi connectivity index (χ4n) is 4.42. The zero-order chi connectivity index (χ0) is 28.6. The average molecular weight is 562 g/mol. The summed E-state index contributed by atoms with van der Waals surface area (Å²) in [4.78, 5) is 28.1. The number of ether oxygens (including phenoxy) is 3. The van der Waals surface area contributed by atoms with E-state index in [-0.39, 0.29) is 43.8 Å². The number of methoxy groups -OCH3 is 1. The third kappa shape index (κ3) is 8.26. The van der Waals surface area contributed by atoms with Crippen LogP contribution in [0.5, 0.6) is 17.2 Å².